The van der Waals surface area contributed by atoms with Gasteiger partial charge in [0.1, 0.15) is 0 Å². The summed E-state index contributed by atoms with van der Waals surface area (Å²) in [5.74, 6) is 0. The van der Waals surface area contributed by atoms with E-state index in [4.69, 9.17) is 0 Å². The van der Waals surface area contributed by atoms with Crippen LogP contribution in [0.15, 0.2) is 36.5 Å². The average Bonchev–Trinajstić information content (AvgIpc) is 2.74. The van der Waals surface area contributed by atoms with Crippen LogP contribution in [-0.2, 0) is 6.54 Å². The molecule has 3 heteroatoms. The number of rotatable bonds is 4. The van der Waals surface area contributed by atoms with Crippen LogP contribution < -0.4 is 5.32 Å². The Bertz CT molecular complexity index is 436. The highest BCUT2D eigenvalue weighted by Crippen LogP contribution is 2.20. The molecule has 0 saturated carbocycles. The molecule has 2 nitrogen and oxygen atoms in total. The smallest absolute Gasteiger partial charge is 0.0897 e. The summed E-state index contributed by atoms with van der Waals surface area (Å²) >= 11 is 1.76. The number of nitrogens with one attached hydrogen (secondary N) is 1. The molecule has 1 heterocycles. The van der Waals surface area contributed by atoms with Crippen LogP contribution in [0.25, 0.3) is 0 Å². The summed E-state index contributed by atoms with van der Waals surface area (Å²) < 4.78 is 0. The van der Waals surface area contributed by atoms with Crippen LogP contribution >= 0.6 is 11.3 Å². The topological polar surface area (TPSA) is 24.9 Å². The molecule has 0 spiro atoms. The zero-order chi connectivity index (χ0) is 11.4. The summed E-state index contributed by atoms with van der Waals surface area (Å²) in [5, 5.41) is 4.63. The van der Waals surface area contributed by atoms with Crippen LogP contribution in [0.3, 0.4) is 0 Å². The van der Waals surface area contributed by atoms with Crippen LogP contribution in [0.2, 0.25) is 0 Å². The zero-order valence-electron chi connectivity index (χ0n) is 9.60. The Kier molecular flexibility index (Phi) is 3.70. The Balaban J connectivity index is 1.91. The highest BCUT2D eigenvalue weighted by molar-refractivity contribution is 7.11. The van der Waals surface area contributed by atoms with Crippen LogP contribution in [0, 0.1) is 6.92 Å². The van der Waals surface area contributed by atoms with E-state index in [1.807, 2.05) is 19.2 Å². The summed E-state index contributed by atoms with van der Waals surface area (Å²) in [4.78, 5) is 5.57. The molecule has 0 saturated heterocycles. The van der Waals surface area contributed by atoms with Crippen molar-refractivity contribution < 1.29 is 0 Å². The molecule has 84 valence electrons. The second-order valence-corrected chi connectivity index (χ2v) is 5.14. The Labute approximate surface area is 100 Å². The van der Waals surface area contributed by atoms with Crippen molar-refractivity contribution in [1.29, 1.82) is 0 Å². The van der Waals surface area contributed by atoms with Gasteiger partial charge in [-0.3, -0.25) is 0 Å². The van der Waals surface area contributed by atoms with Gasteiger partial charge in [-0.1, -0.05) is 30.3 Å². The molecular weight excluding hydrogens is 216 g/mol. The average molecular weight is 232 g/mol. The van der Waals surface area contributed by atoms with Crippen molar-refractivity contribution in [2.45, 2.75) is 26.4 Å². The second-order valence-electron chi connectivity index (χ2n) is 3.87. The van der Waals surface area contributed by atoms with Gasteiger partial charge in [0.05, 0.1) is 5.01 Å². The number of hydrogen-bond acceptors (Lipinski definition) is 3. The molecule has 1 aromatic carbocycles. The minimum atomic E-state index is 0.367. The highest BCUT2D eigenvalue weighted by atomic mass is 32.1. The largest absolute Gasteiger partial charge is 0.305 e. The molecule has 0 aliphatic carbocycles. The third-order valence-electron chi connectivity index (χ3n) is 2.52. The number of benzene rings is 1. The van der Waals surface area contributed by atoms with Crippen molar-refractivity contribution in [3.63, 3.8) is 0 Å². The molecular formula is C13H16N2S. The van der Waals surface area contributed by atoms with Crippen molar-refractivity contribution in [2.24, 2.45) is 0 Å². The van der Waals surface area contributed by atoms with E-state index in [0.29, 0.717) is 6.04 Å². The molecule has 2 aromatic rings. The number of hydrogen-bond donors (Lipinski definition) is 1. The molecule has 1 atom stereocenters. The molecule has 0 fully saturated rings. The fraction of sp³-hybridized carbons (Fsp3) is 0.308. The quantitative estimate of drug-likeness (QED) is 0.875. The molecule has 0 aliphatic heterocycles. The van der Waals surface area contributed by atoms with Crippen molar-refractivity contribution in [2.75, 3.05) is 0 Å². The first-order chi connectivity index (χ1) is 7.75. The molecule has 1 N–H and O–H groups in total. The molecule has 0 bridgehead atoms. The lowest BCUT2D eigenvalue weighted by molar-refractivity contribution is 0.582. The maximum atomic E-state index is 4.27. The third-order valence-corrected chi connectivity index (χ3v) is 3.62. The standard InChI is InChI=1S/C13H16N2S/c1-10(13-9-15-11(2)16-13)14-8-12-6-4-3-5-7-12/h3-7,9-10,14H,8H2,1-2H3. The van der Waals surface area contributed by atoms with Gasteiger partial charge in [-0.25, -0.2) is 4.98 Å². The zero-order valence-corrected chi connectivity index (χ0v) is 10.4. The molecule has 1 aromatic heterocycles. The summed E-state index contributed by atoms with van der Waals surface area (Å²) in [6.45, 7) is 5.12. The van der Waals surface area contributed by atoms with Gasteiger partial charge in [0, 0.05) is 23.7 Å². The van der Waals surface area contributed by atoms with E-state index in [1.165, 1.54) is 10.4 Å². The summed E-state index contributed by atoms with van der Waals surface area (Å²) in [6.07, 6.45) is 1.96. The fourth-order valence-electron chi connectivity index (χ4n) is 1.55. The fourth-order valence-corrected chi connectivity index (χ4v) is 2.36. The van der Waals surface area contributed by atoms with E-state index in [-0.39, 0.29) is 0 Å². The first kappa shape index (κ1) is 11.3. The third kappa shape index (κ3) is 2.90. The Morgan fingerprint density at radius 2 is 2.06 bits per heavy atom. The van der Waals surface area contributed by atoms with Gasteiger partial charge in [0.25, 0.3) is 0 Å². The molecule has 2 rings (SSSR count). The summed E-state index contributed by atoms with van der Waals surface area (Å²) in [7, 11) is 0. The van der Waals surface area contributed by atoms with Crippen LogP contribution in [0.5, 0.6) is 0 Å². The number of nitrogens with zero attached hydrogens (tertiary/aromatic N) is 1. The Morgan fingerprint density at radius 1 is 1.31 bits per heavy atom. The van der Waals surface area contributed by atoms with Crippen LogP contribution in [-0.4, -0.2) is 4.98 Å². The molecule has 16 heavy (non-hydrogen) atoms. The first-order valence-electron chi connectivity index (χ1n) is 5.45. The Hall–Kier alpha value is -1.19. The van der Waals surface area contributed by atoms with E-state index in [9.17, 15) is 0 Å². The lowest BCUT2D eigenvalue weighted by atomic mass is 10.2. The van der Waals surface area contributed by atoms with Crippen molar-refractivity contribution >= 4 is 11.3 Å². The molecule has 1 unspecified atom stereocenters. The predicted octanol–water partition coefficient (Wildman–Crippen LogP) is 3.30. The van der Waals surface area contributed by atoms with Gasteiger partial charge in [-0.15, -0.1) is 11.3 Å². The second kappa shape index (κ2) is 5.23. The number of thiazole rings is 1. The number of aromatic nitrogens is 1. The van der Waals surface area contributed by atoms with Gasteiger partial charge in [0.2, 0.25) is 0 Å². The molecule has 0 amide bonds. The maximum absolute atomic E-state index is 4.27. The van der Waals surface area contributed by atoms with E-state index < -0.39 is 0 Å². The molecule has 0 aliphatic rings. The van der Waals surface area contributed by atoms with Gasteiger partial charge in [-0.2, -0.15) is 0 Å². The predicted molar refractivity (Wildman–Crippen MR) is 68.5 cm³/mol. The van der Waals surface area contributed by atoms with Crippen molar-refractivity contribution in [3.05, 3.63) is 52.0 Å². The lowest BCUT2D eigenvalue weighted by Crippen LogP contribution is -2.16. The van der Waals surface area contributed by atoms with E-state index in [2.05, 4.69) is 41.5 Å². The highest BCUT2D eigenvalue weighted by Gasteiger charge is 2.07. The van der Waals surface area contributed by atoms with E-state index >= 15 is 0 Å². The first-order valence-corrected chi connectivity index (χ1v) is 6.27. The normalized spacial score (nSPS) is 12.6. The minimum absolute atomic E-state index is 0.367. The van der Waals surface area contributed by atoms with Gasteiger partial charge >= 0.3 is 0 Å². The van der Waals surface area contributed by atoms with Gasteiger partial charge in [0.15, 0.2) is 0 Å². The minimum Gasteiger partial charge on any atom is -0.305 e. The van der Waals surface area contributed by atoms with Crippen molar-refractivity contribution in [1.82, 2.24) is 10.3 Å². The Morgan fingerprint density at radius 3 is 2.69 bits per heavy atom. The van der Waals surface area contributed by atoms with Crippen LogP contribution in [0.4, 0.5) is 0 Å². The van der Waals surface area contributed by atoms with Gasteiger partial charge in [-0.05, 0) is 19.4 Å². The lowest BCUT2D eigenvalue weighted by Gasteiger charge is -2.11. The maximum Gasteiger partial charge on any atom is 0.0897 e. The monoisotopic (exact) mass is 232 g/mol. The summed E-state index contributed by atoms with van der Waals surface area (Å²) in [5.41, 5.74) is 1.32. The molecule has 0 radical (unpaired) electrons. The van der Waals surface area contributed by atoms with E-state index in [0.717, 1.165) is 11.6 Å². The number of aryl methyl sites for hydroxylation is 1. The van der Waals surface area contributed by atoms with Crippen molar-refractivity contribution in [3.8, 4) is 0 Å². The SMILES string of the molecule is Cc1ncc(C(C)NCc2ccccc2)s1. The van der Waals surface area contributed by atoms with Gasteiger partial charge < -0.3 is 5.32 Å². The summed E-state index contributed by atoms with van der Waals surface area (Å²) in [6, 6.07) is 10.8. The van der Waals surface area contributed by atoms with E-state index in [1.54, 1.807) is 11.3 Å². The van der Waals surface area contributed by atoms with Crippen LogP contribution in [0.1, 0.15) is 28.4 Å².